The number of aryl methyl sites for hydroxylation is 1. The van der Waals surface area contributed by atoms with Crippen LogP contribution in [0.25, 0.3) is 10.6 Å². The molecule has 2 N–H and O–H groups in total. The van der Waals surface area contributed by atoms with E-state index in [0.29, 0.717) is 36.7 Å². The highest BCUT2D eigenvalue weighted by atomic mass is 32.1. The van der Waals surface area contributed by atoms with Crippen LogP contribution in [0.5, 0.6) is 0 Å². The molecule has 3 fully saturated rings. The second kappa shape index (κ2) is 14.0. The Bertz CT molecular complexity index is 1540. The molecule has 0 spiro atoms. The van der Waals surface area contributed by atoms with Crippen LogP contribution in [0, 0.1) is 5.92 Å². The Kier molecular flexibility index (Phi) is 9.82. The number of nitrogens with zero attached hydrogens (tertiary/aromatic N) is 5. The Hall–Kier alpha value is -3.34. The minimum Gasteiger partial charge on any atom is -0.396 e. The summed E-state index contributed by atoms with van der Waals surface area (Å²) >= 11 is 1.58. The Morgan fingerprint density at radius 1 is 0.867 bits per heavy atom. The molecule has 1 aliphatic carbocycles. The average molecular weight is 632 g/mol. The smallest absolute Gasteiger partial charge is 0.254 e. The maximum absolute atomic E-state index is 13.9. The summed E-state index contributed by atoms with van der Waals surface area (Å²) in [6.45, 7) is 3.10. The van der Waals surface area contributed by atoms with Gasteiger partial charge in [0.25, 0.3) is 11.8 Å². The number of piperidine rings is 2. The van der Waals surface area contributed by atoms with E-state index >= 15 is 0 Å². The molecule has 4 unspecified atom stereocenters. The first kappa shape index (κ1) is 31.6. The number of benzene rings is 2. The zero-order valence-electron chi connectivity index (χ0n) is 26.3. The Morgan fingerprint density at radius 2 is 1.49 bits per heavy atom. The highest BCUT2D eigenvalue weighted by Gasteiger charge is 2.36. The molecular formula is C35H45N5O4S. The van der Waals surface area contributed by atoms with Crippen molar-refractivity contribution in [2.45, 2.75) is 88.9 Å². The van der Waals surface area contributed by atoms with Crippen LogP contribution in [0.1, 0.15) is 97.0 Å². The summed E-state index contributed by atoms with van der Waals surface area (Å²) in [5, 5.41) is 26.2. The lowest BCUT2D eigenvalue weighted by molar-refractivity contribution is 0.0180. The number of aromatic nitrogens is 2. The van der Waals surface area contributed by atoms with E-state index in [4.69, 9.17) is 10.1 Å². The fourth-order valence-electron chi connectivity index (χ4n) is 7.21. The molecule has 9 nitrogen and oxygen atoms in total. The van der Waals surface area contributed by atoms with E-state index in [-0.39, 0.29) is 36.4 Å². The summed E-state index contributed by atoms with van der Waals surface area (Å²) in [6, 6.07) is 15.0. The molecule has 2 aromatic carbocycles. The highest BCUT2D eigenvalue weighted by molar-refractivity contribution is 7.12. The van der Waals surface area contributed by atoms with Gasteiger partial charge in [-0.05, 0) is 75.3 Å². The Labute approximate surface area is 269 Å². The highest BCUT2D eigenvalue weighted by Crippen LogP contribution is 2.37. The average Bonchev–Trinajstić information content (AvgIpc) is 3.45. The number of carbonyl (C=O) groups excluding carboxylic acids is 2. The lowest BCUT2D eigenvalue weighted by Crippen LogP contribution is -2.49. The first-order valence-corrected chi connectivity index (χ1v) is 17.3. The van der Waals surface area contributed by atoms with E-state index in [1.54, 1.807) is 16.2 Å². The minimum absolute atomic E-state index is 0.0213. The van der Waals surface area contributed by atoms with Gasteiger partial charge >= 0.3 is 0 Å². The zero-order chi connectivity index (χ0) is 31.5. The summed E-state index contributed by atoms with van der Waals surface area (Å²) in [4.78, 5) is 36.7. The van der Waals surface area contributed by atoms with Crippen molar-refractivity contribution in [3.63, 3.8) is 0 Å². The number of amides is 2. The Morgan fingerprint density at radius 3 is 2.18 bits per heavy atom. The molecule has 2 saturated heterocycles. The fourth-order valence-corrected chi connectivity index (χ4v) is 8.18. The topological polar surface area (TPSA) is 111 Å². The van der Waals surface area contributed by atoms with Crippen molar-refractivity contribution in [2.75, 3.05) is 19.7 Å². The predicted molar refractivity (Wildman–Crippen MR) is 175 cm³/mol. The van der Waals surface area contributed by atoms with Crippen LogP contribution in [0.3, 0.4) is 0 Å². The molecule has 4 atom stereocenters. The molecule has 2 aliphatic heterocycles. The van der Waals surface area contributed by atoms with Gasteiger partial charge in [-0.3, -0.25) is 14.6 Å². The third kappa shape index (κ3) is 6.78. The number of aliphatic hydroxyl groups is 2. The van der Waals surface area contributed by atoms with Gasteiger partial charge in [-0.1, -0.05) is 54.9 Å². The van der Waals surface area contributed by atoms with Crippen molar-refractivity contribution in [3.8, 4) is 10.6 Å². The molecule has 240 valence electrons. The van der Waals surface area contributed by atoms with E-state index < -0.39 is 6.10 Å². The number of aliphatic hydroxyl groups excluding tert-OH is 2. The van der Waals surface area contributed by atoms with E-state index in [0.717, 1.165) is 53.0 Å². The van der Waals surface area contributed by atoms with Crippen LogP contribution >= 0.6 is 11.3 Å². The molecule has 0 bridgehead atoms. The van der Waals surface area contributed by atoms with Gasteiger partial charge in [-0.2, -0.15) is 5.10 Å². The number of carbonyl (C=O) groups is 2. The summed E-state index contributed by atoms with van der Waals surface area (Å²) < 4.78 is 1.86. The molecule has 3 heterocycles. The lowest BCUT2D eigenvalue weighted by atomic mass is 9.84. The fraction of sp³-hybridized carbons (Fsp3) is 0.543. The van der Waals surface area contributed by atoms with Crippen LogP contribution in [0.2, 0.25) is 0 Å². The number of rotatable bonds is 6. The van der Waals surface area contributed by atoms with Crippen molar-refractivity contribution in [3.05, 3.63) is 70.0 Å². The molecule has 45 heavy (non-hydrogen) atoms. The van der Waals surface area contributed by atoms with Crippen molar-refractivity contribution in [2.24, 2.45) is 18.0 Å². The molecule has 6 rings (SSSR count). The normalized spacial score (nSPS) is 25.0. The molecule has 3 aliphatic rings. The number of hydrogen-bond acceptors (Lipinski definition) is 7. The number of hydrogen-bond donors (Lipinski definition) is 2. The van der Waals surface area contributed by atoms with Gasteiger partial charge in [0.15, 0.2) is 0 Å². The van der Waals surface area contributed by atoms with Gasteiger partial charge < -0.3 is 20.0 Å². The van der Waals surface area contributed by atoms with Gasteiger partial charge in [0.1, 0.15) is 5.01 Å². The van der Waals surface area contributed by atoms with Crippen LogP contribution < -0.4 is 4.80 Å². The summed E-state index contributed by atoms with van der Waals surface area (Å²) in [6.07, 6.45) is 8.70. The van der Waals surface area contributed by atoms with Gasteiger partial charge in [0, 0.05) is 49.4 Å². The van der Waals surface area contributed by atoms with E-state index in [1.807, 2.05) is 72.1 Å². The summed E-state index contributed by atoms with van der Waals surface area (Å²) in [7, 11) is 1.94. The van der Waals surface area contributed by atoms with Crippen LogP contribution in [-0.4, -0.2) is 79.5 Å². The second-order valence-corrected chi connectivity index (χ2v) is 13.9. The molecule has 2 amide bonds. The SMILES string of the molecule is CC1C(O)CCCN1C(=O)c1ccc(C2C(CO)CCCN2C(=O)c2ccc(-c3nn(C)c(=NC4CCCCC4)s3)cc2)cc1. The third-order valence-corrected chi connectivity index (χ3v) is 11.0. The largest absolute Gasteiger partial charge is 0.396 e. The third-order valence-electron chi connectivity index (χ3n) is 9.91. The lowest BCUT2D eigenvalue weighted by Gasteiger charge is -2.41. The van der Waals surface area contributed by atoms with Crippen LogP contribution in [0.4, 0.5) is 0 Å². The quantitative estimate of drug-likeness (QED) is 0.400. The van der Waals surface area contributed by atoms with E-state index in [9.17, 15) is 19.8 Å². The van der Waals surface area contributed by atoms with E-state index in [2.05, 4.69) is 0 Å². The standard InChI is InChI=1S/C35H45N5O4S/c1-23-30(42)11-7-20-39(23)33(43)26-16-12-24(13-17-26)31-28(22-41)8-6-21-40(31)34(44)27-18-14-25(15-19-27)32-37-38(2)35(45-32)36-29-9-4-3-5-10-29/h12-19,23,28-31,41-42H,3-11,20-22H2,1-2H3. The maximum atomic E-state index is 13.9. The first-order chi connectivity index (χ1) is 21.8. The van der Waals surface area contributed by atoms with Crippen molar-refractivity contribution in [1.29, 1.82) is 0 Å². The van der Waals surface area contributed by atoms with Crippen molar-refractivity contribution < 1.29 is 19.8 Å². The van der Waals surface area contributed by atoms with Crippen molar-refractivity contribution in [1.82, 2.24) is 19.6 Å². The second-order valence-electron chi connectivity index (χ2n) is 12.9. The van der Waals surface area contributed by atoms with Gasteiger partial charge in [0.2, 0.25) is 4.80 Å². The molecule has 10 heteroatoms. The number of likely N-dealkylation sites (tertiary alicyclic amines) is 2. The Balaban J connectivity index is 1.20. The maximum Gasteiger partial charge on any atom is 0.254 e. The molecule has 1 saturated carbocycles. The van der Waals surface area contributed by atoms with Crippen LogP contribution in [0.15, 0.2) is 53.5 Å². The monoisotopic (exact) mass is 631 g/mol. The molecular weight excluding hydrogens is 586 g/mol. The summed E-state index contributed by atoms with van der Waals surface area (Å²) in [5.74, 6) is -0.257. The predicted octanol–water partition coefficient (Wildman–Crippen LogP) is 4.95. The molecule has 0 radical (unpaired) electrons. The van der Waals surface area contributed by atoms with Crippen molar-refractivity contribution >= 4 is 23.2 Å². The van der Waals surface area contributed by atoms with Crippen LogP contribution in [-0.2, 0) is 7.05 Å². The zero-order valence-corrected chi connectivity index (χ0v) is 27.2. The summed E-state index contributed by atoms with van der Waals surface area (Å²) in [5.41, 5.74) is 3.03. The van der Waals surface area contributed by atoms with E-state index in [1.165, 1.54) is 19.3 Å². The molecule has 1 aromatic heterocycles. The minimum atomic E-state index is -0.507. The van der Waals surface area contributed by atoms with Gasteiger partial charge in [-0.25, -0.2) is 4.68 Å². The first-order valence-electron chi connectivity index (χ1n) is 16.5. The van der Waals surface area contributed by atoms with Gasteiger partial charge in [-0.15, -0.1) is 0 Å². The van der Waals surface area contributed by atoms with Gasteiger partial charge in [0.05, 0.1) is 24.2 Å². The molecule has 3 aromatic rings.